The lowest BCUT2D eigenvalue weighted by Crippen LogP contribution is -2.17. The number of anilines is 1. The van der Waals surface area contributed by atoms with Crippen LogP contribution in [0.3, 0.4) is 0 Å². The van der Waals surface area contributed by atoms with Gasteiger partial charge in [-0.1, -0.05) is 12.1 Å². The molecule has 3 N–H and O–H groups in total. The largest absolute Gasteiger partial charge is 0.494 e. The molecular weight excluding hydrogens is 348 g/mol. The summed E-state index contributed by atoms with van der Waals surface area (Å²) in [7, 11) is 0. The second-order valence-electron chi connectivity index (χ2n) is 6.10. The highest BCUT2D eigenvalue weighted by Gasteiger charge is 2.24. The van der Waals surface area contributed by atoms with Crippen LogP contribution in [0.15, 0.2) is 30.3 Å². The molecule has 1 aromatic carbocycles. The molecule has 0 fully saturated rings. The zero-order chi connectivity index (χ0) is 18.5. The van der Waals surface area contributed by atoms with Crippen molar-refractivity contribution in [2.24, 2.45) is 5.73 Å². The molecule has 3 rings (SSSR count). The smallest absolute Gasteiger partial charge is 0.251 e. The molecule has 26 heavy (non-hydrogen) atoms. The minimum atomic E-state index is -0.477. The molecular formula is C20H22N2O3S. The van der Waals surface area contributed by atoms with Crippen LogP contribution in [0.2, 0.25) is 0 Å². The number of ether oxygens (including phenoxy) is 1. The van der Waals surface area contributed by atoms with Crippen LogP contribution in [0.4, 0.5) is 5.00 Å². The first-order chi connectivity index (χ1) is 12.6. The van der Waals surface area contributed by atoms with Gasteiger partial charge in [0.2, 0.25) is 5.91 Å². The van der Waals surface area contributed by atoms with Crippen LogP contribution in [-0.4, -0.2) is 18.4 Å². The van der Waals surface area contributed by atoms with Crippen molar-refractivity contribution in [3.8, 4) is 5.75 Å². The number of primary amides is 1. The molecule has 0 aliphatic heterocycles. The average molecular weight is 370 g/mol. The molecule has 0 radical (unpaired) electrons. The molecule has 5 nitrogen and oxygen atoms in total. The van der Waals surface area contributed by atoms with Gasteiger partial charge >= 0.3 is 0 Å². The fourth-order valence-electron chi connectivity index (χ4n) is 3.08. The van der Waals surface area contributed by atoms with E-state index in [1.54, 1.807) is 6.08 Å². The van der Waals surface area contributed by atoms with Gasteiger partial charge in [0.25, 0.3) is 5.91 Å². The van der Waals surface area contributed by atoms with E-state index in [9.17, 15) is 9.59 Å². The Morgan fingerprint density at radius 1 is 1.23 bits per heavy atom. The van der Waals surface area contributed by atoms with Crippen LogP contribution < -0.4 is 15.8 Å². The maximum absolute atomic E-state index is 12.3. The van der Waals surface area contributed by atoms with Gasteiger partial charge in [0.15, 0.2) is 0 Å². The molecule has 1 aliphatic rings. The highest BCUT2D eigenvalue weighted by atomic mass is 32.1. The fourth-order valence-corrected chi connectivity index (χ4v) is 4.38. The first-order valence-corrected chi connectivity index (χ1v) is 9.56. The number of thiophene rings is 1. The number of amides is 2. The number of nitrogens with one attached hydrogen (secondary N) is 1. The Morgan fingerprint density at radius 2 is 1.96 bits per heavy atom. The Hall–Kier alpha value is -2.60. The van der Waals surface area contributed by atoms with Gasteiger partial charge in [-0.2, -0.15) is 0 Å². The van der Waals surface area contributed by atoms with Crippen molar-refractivity contribution < 1.29 is 14.3 Å². The van der Waals surface area contributed by atoms with E-state index in [2.05, 4.69) is 5.32 Å². The van der Waals surface area contributed by atoms with Crippen LogP contribution in [0.25, 0.3) is 6.08 Å². The third-order valence-electron chi connectivity index (χ3n) is 4.27. The molecule has 0 spiro atoms. The van der Waals surface area contributed by atoms with E-state index >= 15 is 0 Å². The summed E-state index contributed by atoms with van der Waals surface area (Å²) in [4.78, 5) is 25.3. The van der Waals surface area contributed by atoms with Gasteiger partial charge in [-0.15, -0.1) is 11.3 Å². The van der Waals surface area contributed by atoms with Gasteiger partial charge < -0.3 is 15.8 Å². The van der Waals surface area contributed by atoms with Crippen LogP contribution >= 0.6 is 11.3 Å². The van der Waals surface area contributed by atoms with Gasteiger partial charge in [0, 0.05) is 11.0 Å². The van der Waals surface area contributed by atoms with Crippen molar-refractivity contribution in [2.75, 3.05) is 11.9 Å². The van der Waals surface area contributed by atoms with Crippen molar-refractivity contribution in [1.29, 1.82) is 0 Å². The number of carbonyl (C=O) groups excluding carboxylic acids is 2. The fraction of sp³-hybridized carbons (Fsp3) is 0.300. The quantitative estimate of drug-likeness (QED) is 0.759. The molecule has 0 saturated carbocycles. The zero-order valence-electron chi connectivity index (χ0n) is 14.7. The van der Waals surface area contributed by atoms with Crippen LogP contribution in [0.1, 0.15) is 46.1 Å². The number of aryl methyl sites for hydroxylation is 1. The molecule has 1 aliphatic carbocycles. The van der Waals surface area contributed by atoms with Crippen molar-refractivity contribution in [3.63, 3.8) is 0 Å². The van der Waals surface area contributed by atoms with E-state index < -0.39 is 5.91 Å². The third kappa shape index (κ3) is 4.14. The molecule has 0 saturated heterocycles. The summed E-state index contributed by atoms with van der Waals surface area (Å²) < 4.78 is 5.40. The Morgan fingerprint density at radius 3 is 2.65 bits per heavy atom. The van der Waals surface area contributed by atoms with Crippen LogP contribution in [0, 0.1) is 0 Å². The molecule has 1 heterocycles. The lowest BCUT2D eigenvalue weighted by Gasteiger charge is -2.11. The molecule has 0 unspecified atom stereocenters. The SMILES string of the molecule is CCOc1ccc(/C=C/C(=O)Nc2sc3c(c2C(N)=O)CCCC3)cc1. The van der Waals surface area contributed by atoms with Crippen molar-refractivity contribution >= 4 is 34.2 Å². The second kappa shape index (κ2) is 8.19. The predicted octanol–water partition coefficient (Wildman–Crippen LogP) is 3.78. The van der Waals surface area contributed by atoms with E-state index in [1.165, 1.54) is 17.4 Å². The van der Waals surface area contributed by atoms with Gasteiger partial charge in [-0.25, -0.2) is 0 Å². The molecule has 0 atom stereocenters. The van der Waals surface area contributed by atoms with E-state index in [-0.39, 0.29) is 5.91 Å². The molecule has 6 heteroatoms. The summed E-state index contributed by atoms with van der Waals surface area (Å²) in [5, 5.41) is 3.38. The van der Waals surface area contributed by atoms with E-state index in [1.807, 2.05) is 31.2 Å². The maximum atomic E-state index is 12.3. The summed E-state index contributed by atoms with van der Waals surface area (Å²) in [6.07, 6.45) is 7.13. The lowest BCUT2D eigenvalue weighted by molar-refractivity contribution is -0.111. The number of hydrogen-bond donors (Lipinski definition) is 2. The number of benzene rings is 1. The van der Waals surface area contributed by atoms with Crippen molar-refractivity contribution in [3.05, 3.63) is 51.9 Å². The summed E-state index contributed by atoms with van der Waals surface area (Å²) in [6, 6.07) is 7.49. The normalized spacial score (nSPS) is 13.4. The predicted molar refractivity (Wildman–Crippen MR) is 105 cm³/mol. The van der Waals surface area contributed by atoms with E-state index in [0.717, 1.165) is 47.4 Å². The topological polar surface area (TPSA) is 81.4 Å². The van der Waals surface area contributed by atoms with Gasteiger partial charge in [0.1, 0.15) is 10.8 Å². The Kier molecular flexibility index (Phi) is 5.73. The van der Waals surface area contributed by atoms with Gasteiger partial charge in [-0.3, -0.25) is 9.59 Å². The number of nitrogens with two attached hydrogens (primary N) is 1. The van der Waals surface area contributed by atoms with E-state index in [4.69, 9.17) is 10.5 Å². The first-order valence-electron chi connectivity index (χ1n) is 8.74. The highest BCUT2D eigenvalue weighted by molar-refractivity contribution is 7.17. The maximum Gasteiger partial charge on any atom is 0.251 e. The molecule has 2 aromatic rings. The second-order valence-corrected chi connectivity index (χ2v) is 7.21. The molecule has 1 aromatic heterocycles. The standard InChI is InChI=1S/C20H22N2O3S/c1-2-25-14-10-7-13(8-11-14)9-12-17(23)22-20-18(19(21)24)15-5-3-4-6-16(15)26-20/h7-12H,2-6H2,1H3,(H2,21,24)(H,22,23)/b12-9+. The summed E-state index contributed by atoms with van der Waals surface area (Å²) in [5.74, 6) is 0.0412. The number of rotatable bonds is 6. The highest BCUT2D eigenvalue weighted by Crippen LogP contribution is 2.37. The Bertz CT molecular complexity index is 837. The summed E-state index contributed by atoms with van der Waals surface area (Å²) in [5.41, 5.74) is 7.93. The number of hydrogen-bond acceptors (Lipinski definition) is 4. The summed E-state index contributed by atoms with van der Waals surface area (Å²) in [6.45, 7) is 2.55. The minimum absolute atomic E-state index is 0.278. The molecule has 136 valence electrons. The zero-order valence-corrected chi connectivity index (χ0v) is 15.5. The first kappa shape index (κ1) is 18.2. The molecule has 2 amide bonds. The number of fused-ring (bicyclic) bond motifs is 1. The lowest BCUT2D eigenvalue weighted by atomic mass is 9.95. The monoisotopic (exact) mass is 370 g/mol. The Balaban J connectivity index is 1.72. The van der Waals surface area contributed by atoms with Gasteiger partial charge in [-0.05, 0) is 61.9 Å². The number of carbonyl (C=O) groups is 2. The Labute approximate surface area is 156 Å². The van der Waals surface area contributed by atoms with Gasteiger partial charge in [0.05, 0.1) is 12.2 Å². The average Bonchev–Trinajstić information content (AvgIpc) is 2.99. The minimum Gasteiger partial charge on any atom is -0.494 e. The van der Waals surface area contributed by atoms with Crippen LogP contribution in [-0.2, 0) is 17.6 Å². The summed E-state index contributed by atoms with van der Waals surface area (Å²) >= 11 is 1.46. The van der Waals surface area contributed by atoms with Crippen molar-refractivity contribution in [2.45, 2.75) is 32.6 Å². The van der Waals surface area contributed by atoms with Crippen LogP contribution in [0.5, 0.6) is 5.75 Å². The third-order valence-corrected chi connectivity index (χ3v) is 5.48. The molecule has 0 bridgehead atoms. The van der Waals surface area contributed by atoms with Crippen molar-refractivity contribution in [1.82, 2.24) is 0 Å². The van der Waals surface area contributed by atoms with E-state index in [0.29, 0.717) is 17.2 Å².